The van der Waals surface area contributed by atoms with Crippen LogP contribution in [0, 0.1) is 0 Å². The van der Waals surface area contributed by atoms with Gasteiger partial charge in [-0.2, -0.15) is 0 Å². The molecule has 0 saturated carbocycles. The van der Waals surface area contributed by atoms with Gasteiger partial charge in [0.05, 0.1) is 23.3 Å². The third kappa shape index (κ3) is 3.23. The highest BCUT2D eigenvalue weighted by Gasteiger charge is 2.34. The van der Waals surface area contributed by atoms with E-state index in [2.05, 4.69) is 15.9 Å². The van der Waals surface area contributed by atoms with Gasteiger partial charge in [0.15, 0.2) is 0 Å². The van der Waals surface area contributed by atoms with Crippen molar-refractivity contribution < 1.29 is 19.1 Å². The first-order valence-electron chi connectivity index (χ1n) is 7.46. The monoisotopic (exact) mass is 387 g/mol. The van der Waals surface area contributed by atoms with Crippen molar-refractivity contribution in [3.05, 3.63) is 69.7 Å². The predicted molar refractivity (Wildman–Crippen MR) is 90.9 cm³/mol. The third-order valence-corrected chi connectivity index (χ3v) is 4.19. The second kappa shape index (κ2) is 6.97. The number of halogens is 1. The highest BCUT2D eigenvalue weighted by molar-refractivity contribution is 9.10. The minimum Gasteiger partial charge on any atom is -0.462 e. The fourth-order valence-electron chi connectivity index (χ4n) is 2.53. The highest BCUT2D eigenvalue weighted by Crippen LogP contribution is 2.22. The van der Waals surface area contributed by atoms with E-state index >= 15 is 0 Å². The molecule has 0 atom stereocenters. The molecule has 0 saturated heterocycles. The van der Waals surface area contributed by atoms with E-state index in [1.165, 1.54) is 4.90 Å². The highest BCUT2D eigenvalue weighted by atomic mass is 79.9. The van der Waals surface area contributed by atoms with Crippen LogP contribution in [0.15, 0.2) is 53.0 Å². The summed E-state index contributed by atoms with van der Waals surface area (Å²) in [4.78, 5) is 37.5. The van der Waals surface area contributed by atoms with Crippen molar-refractivity contribution in [1.82, 2.24) is 4.90 Å². The maximum atomic E-state index is 12.2. The Balaban J connectivity index is 1.52. The van der Waals surface area contributed by atoms with Crippen LogP contribution in [0.5, 0.6) is 0 Å². The molecule has 5 nitrogen and oxygen atoms in total. The number of benzene rings is 2. The Labute approximate surface area is 147 Å². The second-order valence-corrected chi connectivity index (χ2v) is 6.22. The maximum Gasteiger partial charge on any atom is 0.338 e. The predicted octanol–water partition coefficient (Wildman–Crippen LogP) is 3.29. The average molecular weight is 388 g/mol. The van der Waals surface area contributed by atoms with E-state index in [-0.39, 0.29) is 25.0 Å². The second-order valence-electron chi connectivity index (χ2n) is 5.31. The van der Waals surface area contributed by atoms with Gasteiger partial charge in [-0.25, -0.2) is 4.79 Å². The molecule has 2 aromatic carbocycles. The Hall–Kier alpha value is -2.47. The molecular formula is C18H14BrNO4. The molecule has 0 fully saturated rings. The van der Waals surface area contributed by atoms with Gasteiger partial charge in [0.1, 0.15) is 0 Å². The van der Waals surface area contributed by atoms with Crippen LogP contribution in [0.4, 0.5) is 0 Å². The first-order chi connectivity index (χ1) is 11.6. The molecule has 2 amide bonds. The zero-order chi connectivity index (χ0) is 17.1. The standard InChI is InChI=1S/C18H14BrNO4/c19-13-6-3-5-12(11-13)18(23)24-10-4-9-20-16(21)14-7-1-2-8-15(14)17(20)22/h1-3,5-8,11H,4,9-10H2. The van der Waals surface area contributed by atoms with Crippen molar-refractivity contribution in [2.45, 2.75) is 6.42 Å². The Morgan fingerprint density at radius 3 is 2.29 bits per heavy atom. The lowest BCUT2D eigenvalue weighted by molar-refractivity contribution is 0.0482. The number of amides is 2. The minimum absolute atomic E-state index is 0.138. The van der Waals surface area contributed by atoms with Crippen molar-refractivity contribution in [1.29, 1.82) is 0 Å². The molecule has 1 aliphatic rings. The molecule has 1 heterocycles. The summed E-state index contributed by atoms with van der Waals surface area (Å²) in [6.07, 6.45) is 0.394. The van der Waals surface area contributed by atoms with Gasteiger partial charge in [0, 0.05) is 11.0 Å². The molecule has 24 heavy (non-hydrogen) atoms. The van der Waals surface area contributed by atoms with Crippen LogP contribution in [0.3, 0.4) is 0 Å². The molecule has 0 spiro atoms. The number of carbonyl (C=O) groups excluding carboxylic acids is 3. The maximum absolute atomic E-state index is 12.2. The molecule has 0 bridgehead atoms. The summed E-state index contributed by atoms with van der Waals surface area (Å²) in [5.41, 5.74) is 1.30. The number of rotatable bonds is 5. The topological polar surface area (TPSA) is 63.7 Å². The van der Waals surface area contributed by atoms with Crippen LogP contribution in [-0.4, -0.2) is 35.8 Å². The van der Waals surface area contributed by atoms with Crippen LogP contribution < -0.4 is 0 Å². The Morgan fingerprint density at radius 1 is 1.00 bits per heavy atom. The van der Waals surface area contributed by atoms with E-state index in [0.717, 1.165) is 4.47 Å². The molecule has 122 valence electrons. The normalized spacial score (nSPS) is 13.1. The van der Waals surface area contributed by atoms with Gasteiger partial charge in [-0.05, 0) is 36.8 Å². The summed E-state index contributed by atoms with van der Waals surface area (Å²) in [6, 6.07) is 13.6. The van der Waals surface area contributed by atoms with E-state index in [1.807, 2.05) is 6.07 Å². The number of imide groups is 1. The van der Waals surface area contributed by atoms with Crippen molar-refractivity contribution in [3.63, 3.8) is 0 Å². The largest absolute Gasteiger partial charge is 0.462 e. The lowest BCUT2D eigenvalue weighted by Crippen LogP contribution is -2.31. The Morgan fingerprint density at radius 2 is 1.67 bits per heavy atom. The molecule has 2 aromatic rings. The zero-order valence-corrected chi connectivity index (χ0v) is 14.3. The number of carbonyl (C=O) groups is 3. The molecule has 0 N–H and O–H groups in total. The molecule has 3 rings (SSSR count). The summed E-state index contributed by atoms with van der Waals surface area (Å²) in [5, 5.41) is 0. The number of hydrogen-bond acceptors (Lipinski definition) is 4. The van der Waals surface area contributed by atoms with Crippen LogP contribution in [0.2, 0.25) is 0 Å². The van der Waals surface area contributed by atoms with Gasteiger partial charge in [0.2, 0.25) is 0 Å². The van der Waals surface area contributed by atoms with Crippen LogP contribution in [-0.2, 0) is 4.74 Å². The quantitative estimate of drug-likeness (QED) is 0.448. The van der Waals surface area contributed by atoms with Crippen LogP contribution >= 0.6 is 15.9 Å². The van der Waals surface area contributed by atoms with E-state index in [9.17, 15) is 14.4 Å². The van der Waals surface area contributed by atoms with E-state index in [0.29, 0.717) is 23.1 Å². The fraction of sp³-hybridized carbons (Fsp3) is 0.167. The number of hydrogen-bond donors (Lipinski definition) is 0. The summed E-state index contributed by atoms with van der Waals surface area (Å²) in [7, 11) is 0. The number of fused-ring (bicyclic) bond motifs is 1. The minimum atomic E-state index is -0.432. The number of nitrogens with zero attached hydrogens (tertiary/aromatic N) is 1. The van der Waals surface area contributed by atoms with Gasteiger partial charge >= 0.3 is 5.97 Å². The summed E-state index contributed by atoms with van der Waals surface area (Å²) < 4.78 is 5.98. The zero-order valence-electron chi connectivity index (χ0n) is 12.7. The van der Waals surface area contributed by atoms with Crippen molar-refractivity contribution in [2.24, 2.45) is 0 Å². The van der Waals surface area contributed by atoms with Gasteiger partial charge < -0.3 is 4.74 Å². The first-order valence-corrected chi connectivity index (χ1v) is 8.25. The average Bonchev–Trinajstić information content (AvgIpc) is 2.83. The molecule has 1 aliphatic heterocycles. The number of esters is 1. The van der Waals surface area contributed by atoms with Gasteiger partial charge in [-0.15, -0.1) is 0 Å². The summed E-state index contributed by atoms with van der Waals surface area (Å²) >= 11 is 3.29. The first kappa shape index (κ1) is 16.4. The van der Waals surface area contributed by atoms with Gasteiger partial charge in [-0.3, -0.25) is 14.5 Å². The third-order valence-electron chi connectivity index (χ3n) is 3.70. The Kier molecular flexibility index (Phi) is 4.76. The van der Waals surface area contributed by atoms with Crippen molar-refractivity contribution >= 4 is 33.7 Å². The van der Waals surface area contributed by atoms with Crippen LogP contribution in [0.25, 0.3) is 0 Å². The summed E-state index contributed by atoms with van der Waals surface area (Å²) in [5.74, 6) is -1.03. The fourth-order valence-corrected chi connectivity index (χ4v) is 2.93. The lowest BCUT2D eigenvalue weighted by Gasteiger charge is -2.13. The van der Waals surface area contributed by atoms with Crippen molar-refractivity contribution in [2.75, 3.05) is 13.2 Å². The number of ether oxygens (including phenoxy) is 1. The molecule has 0 unspecified atom stereocenters. The smallest absolute Gasteiger partial charge is 0.338 e. The summed E-state index contributed by atoms with van der Waals surface area (Å²) in [6.45, 7) is 0.358. The molecular weight excluding hydrogens is 374 g/mol. The van der Waals surface area contributed by atoms with E-state index in [4.69, 9.17) is 4.74 Å². The van der Waals surface area contributed by atoms with E-state index < -0.39 is 5.97 Å². The lowest BCUT2D eigenvalue weighted by atomic mass is 10.1. The van der Waals surface area contributed by atoms with Crippen molar-refractivity contribution in [3.8, 4) is 0 Å². The SMILES string of the molecule is O=C(OCCCN1C(=O)c2ccccc2C1=O)c1cccc(Br)c1. The molecule has 0 aliphatic carbocycles. The Bertz CT molecular complexity index is 783. The molecule has 0 aromatic heterocycles. The van der Waals surface area contributed by atoms with E-state index in [1.54, 1.807) is 42.5 Å². The molecule has 0 radical (unpaired) electrons. The van der Waals surface area contributed by atoms with Gasteiger partial charge in [0.25, 0.3) is 11.8 Å². The van der Waals surface area contributed by atoms with Gasteiger partial charge in [-0.1, -0.05) is 34.1 Å². The van der Waals surface area contributed by atoms with Crippen LogP contribution in [0.1, 0.15) is 37.5 Å². The molecule has 6 heteroatoms.